The molecule has 0 rings (SSSR count). The van der Waals surface area contributed by atoms with E-state index in [0.29, 0.717) is 6.54 Å². The zero-order valence-electron chi connectivity index (χ0n) is 6.63. The van der Waals surface area contributed by atoms with Crippen molar-refractivity contribution in [2.75, 3.05) is 20.7 Å². The Labute approximate surface area is 60.6 Å². The molecule has 0 radical (unpaired) electrons. The van der Waals surface area contributed by atoms with E-state index in [1.54, 1.807) is 0 Å². The van der Waals surface area contributed by atoms with Gasteiger partial charge in [-0.25, -0.2) is 0 Å². The lowest BCUT2D eigenvalue weighted by atomic mass is 10.4. The maximum atomic E-state index is 10.5. The van der Waals surface area contributed by atoms with Gasteiger partial charge in [-0.2, -0.15) is 9.63 Å². The third kappa shape index (κ3) is 1.97. The molecule has 0 aliphatic heterocycles. The molecule has 0 fully saturated rings. The molecule has 60 valence electrons. The van der Waals surface area contributed by atoms with Crippen molar-refractivity contribution in [3.05, 3.63) is 0 Å². The highest BCUT2D eigenvalue weighted by Crippen LogP contribution is 2.03. The minimum atomic E-state index is -0.954. The van der Waals surface area contributed by atoms with Crippen molar-refractivity contribution in [2.45, 2.75) is 13.3 Å². The summed E-state index contributed by atoms with van der Waals surface area (Å²) < 4.78 is -0.365. The molecule has 0 aromatic heterocycles. The summed E-state index contributed by atoms with van der Waals surface area (Å²) in [6, 6.07) is 0. The molecule has 0 aromatic carbocycles. The largest absolute Gasteiger partial charge is 0.546 e. The lowest BCUT2D eigenvalue weighted by Crippen LogP contribution is -2.47. The van der Waals surface area contributed by atoms with E-state index >= 15 is 0 Å². The molecule has 1 atom stereocenters. The normalized spacial score (nSPS) is 16.3. The molecule has 1 N–H and O–H groups in total. The van der Waals surface area contributed by atoms with Gasteiger partial charge in [-0.1, -0.05) is 11.6 Å². The van der Waals surface area contributed by atoms with Crippen LogP contribution >= 0.6 is 0 Å². The molecule has 0 spiro atoms. The van der Waals surface area contributed by atoms with Crippen LogP contribution in [0.1, 0.15) is 13.3 Å². The number of nitrogens with zero attached hydrogens (tertiary/aromatic N) is 1. The molecule has 10 heavy (non-hydrogen) atoms. The maximum absolute atomic E-state index is 10.5. The van der Waals surface area contributed by atoms with E-state index in [0.717, 1.165) is 6.42 Å². The number of quaternary nitrogens is 1. The van der Waals surface area contributed by atoms with Crippen LogP contribution in [0.5, 0.6) is 0 Å². The van der Waals surface area contributed by atoms with Gasteiger partial charge in [0, 0.05) is 0 Å². The van der Waals surface area contributed by atoms with Gasteiger partial charge in [0.05, 0.1) is 7.11 Å². The Balaban J connectivity index is 4.08. The van der Waals surface area contributed by atoms with Crippen molar-refractivity contribution in [3.63, 3.8) is 0 Å². The van der Waals surface area contributed by atoms with E-state index in [4.69, 9.17) is 9.94 Å². The summed E-state index contributed by atoms with van der Waals surface area (Å²) in [5.74, 6) is 0. The summed E-state index contributed by atoms with van der Waals surface area (Å²) in [5, 5.41) is 8.61. The van der Waals surface area contributed by atoms with Crippen LogP contribution in [0.25, 0.3) is 0 Å². The first kappa shape index (κ1) is 9.39. The van der Waals surface area contributed by atoms with Gasteiger partial charge in [-0.05, 0) is 6.42 Å². The van der Waals surface area contributed by atoms with Crippen LogP contribution in [0, 0.1) is 0 Å². The molecule has 0 bridgehead atoms. The van der Waals surface area contributed by atoms with E-state index in [-0.39, 0.29) is 4.65 Å². The molecule has 4 nitrogen and oxygen atoms in total. The lowest BCUT2D eigenvalue weighted by Gasteiger charge is -2.22. The first-order valence-electron chi connectivity index (χ1n) is 3.21. The third-order valence-corrected chi connectivity index (χ3v) is 1.46. The average molecular weight is 148 g/mol. The van der Waals surface area contributed by atoms with Crippen LogP contribution in [0.15, 0.2) is 0 Å². The first-order chi connectivity index (χ1) is 4.56. The van der Waals surface area contributed by atoms with Gasteiger partial charge in [0.1, 0.15) is 13.6 Å². The quantitative estimate of drug-likeness (QED) is 0.481. The molecule has 0 heterocycles. The Bertz CT molecular complexity index is 126. The standard InChI is InChI=1S/C6H13NO3/c1-4-5-7(2,10-3)6(8)9/h4-5H2,1-3H3/p+1. The molecule has 4 heteroatoms. The predicted octanol–water partition coefficient (Wildman–Crippen LogP) is 1.08. The first-order valence-corrected chi connectivity index (χ1v) is 3.21. The Morgan fingerprint density at radius 2 is 2.20 bits per heavy atom. The molecule has 0 aromatic rings. The number of hydrogen-bond donors (Lipinski definition) is 1. The zero-order chi connectivity index (χ0) is 8.20. The molecule has 0 aliphatic carbocycles. The van der Waals surface area contributed by atoms with Crippen LogP contribution < -0.4 is 0 Å². The van der Waals surface area contributed by atoms with E-state index in [2.05, 4.69) is 0 Å². The number of hydrogen-bond acceptors (Lipinski definition) is 2. The van der Waals surface area contributed by atoms with Crippen molar-refractivity contribution in [1.29, 1.82) is 0 Å². The van der Waals surface area contributed by atoms with Crippen LogP contribution in [-0.4, -0.2) is 36.5 Å². The van der Waals surface area contributed by atoms with Gasteiger partial charge in [0.25, 0.3) is 0 Å². The van der Waals surface area contributed by atoms with E-state index in [1.807, 2.05) is 6.92 Å². The van der Waals surface area contributed by atoms with Crippen LogP contribution in [0.3, 0.4) is 0 Å². The molecule has 1 amide bonds. The minimum Gasteiger partial charge on any atom is -0.433 e. The summed E-state index contributed by atoms with van der Waals surface area (Å²) in [5.41, 5.74) is 0. The summed E-state index contributed by atoms with van der Waals surface area (Å²) in [6.07, 6.45) is -0.166. The van der Waals surface area contributed by atoms with Crippen LogP contribution in [0.4, 0.5) is 4.79 Å². The van der Waals surface area contributed by atoms with Gasteiger partial charge >= 0.3 is 6.09 Å². The van der Waals surface area contributed by atoms with Gasteiger partial charge in [0.15, 0.2) is 0 Å². The summed E-state index contributed by atoms with van der Waals surface area (Å²) in [7, 11) is 2.91. The second kappa shape index (κ2) is 3.53. The van der Waals surface area contributed by atoms with Crippen molar-refractivity contribution in [1.82, 2.24) is 0 Å². The fourth-order valence-electron chi connectivity index (χ4n) is 0.692. The van der Waals surface area contributed by atoms with Gasteiger partial charge in [-0.3, -0.25) is 0 Å². The Morgan fingerprint density at radius 1 is 1.70 bits per heavy atom. The number of rotatable bonds is 3. The predicted molar refractivity (Wildman–Crippen MR) is 36.4 cm³/mol. The second-order valence-corrected chi connectivity index (χ2v) is 2.29. The Hall–Kier alpha value is -0.610. The van der Waals surface area contributed by atoms with E-state index < -0.39 is 6.09 Å². The zero-order valence-corrected chi connectivity index (χ0v) is 6.63. The monoisotopic (exact) mass is 148 g/mol. The number of hydroxylamine groups is 3. The Kier molecular flexibility index (Phi) is 3.32. The number of carboxylic acid groups (broad SMARTS) is 1. The fourth-order valence-corrected chi connectivity index (χ4v) is 0.692. The summed E-state index contributed by atoms with van der Waals surface area (Å²) in [4.78, 5) is 15.3. The molecule has 0 aliphatic rings. The molecule has 0 saturated heterocycles. The smallest absolute Gasteiger partial charge is 0.433 e. The molecule has 1 unspecified atom stereocenters. The third-order valence-electron chi connectivity index (χ3n) is 1.46. The summed E-state index contributed by atoms with van der Waals surface area (Å²) >= 11 is 0. The van der Waals surface area contributed by atoms with Crippen LogP contribution in [-0.2, 0) is 4.84 Å². The van der Waals surface area contributed by atoms with Crippen molar-refractivity contribution in [3.8, 4) is 0 Å². The Morgan fingerprint density at radius 3 is 2.30 bits per heavy atom. The maximum Gasteiger partial charge on any atom is 0.546 e. The lowest BCUT2D eigenvalue weighted by molar-refractivity contribution is -1.03. The topological polar surface area (TPSA) is 46.5 Å². The van der Waals surface area contributed by atoms with Gasteiger partial charge in [-0.15, -0.1) is 0 Å². The van der Waals surface area contributed by atoms with Crippen molar-refractivity contribution >= 4 is 6.09 Å². The van der Waals surface area contributed by atoms with Crippen molar-refractivity contribution in [2.24, 2.45) is 0 Å². The molecular formula is C6H14NO3+. The van der Waals surface area contributed by atoms with E-state index in [9.17, 15) is 4.79 Å². The van der Waals surface area contributed by atoms with Crippen molar-refractivity contribution < 1.29 is 19.4 Å². The minimum absolute atomic E-state index is 0.365. The van der Waals surface area contributed by atoms with E-state index in [1.165, 1.54) is 14.2 Å². The fraction of sp³-hybridized carbons (Fsp3) is 0.833. The van der Waals surface area contributed by atoms with Gasteiger partial charge < -0.3 is 5.11 Å². The number of carbonyl (C=O) groups is 1. The van der Waals surface area contributed by atoms with Crippen LogP contribution in [0.2, 0.25) is 0 Å². The highest BCUT2D eigenvalue weighted by molar-refractivity contribution is 5.55. The number of amides is 1. The average Bonchev–Trinajstić information content (AvgIpc) is 1.88. The summed E-state index contributed by atoms with van der Waals surface area (Å²) in [6.45, 7) is 2.41. The molecular weight excluding hydrogens is 134 g/mol. The highest BCUT2D eigenvalue weighted by Gasteiger charge is 2.31. The SMILES string of the molecule is CCC[N+](C)(OC)C(=O)O. The van der Waals surface area contributed by atoms with Gasteiger partial charge in [0.2, 0.25) is 0 Å². The second-order valence-electron chi connectivity index (χ2n) is 2.29. The molecule has 0 saturated carbocycles. The highest BCUT2D eigenvalue weighted by atomic mass is 16.7.